The number of halogens is 1. The van der Waals surface area contributed by atoms with Crippen LogP contribution in [0.3, 0.4) is 0 Å². The fourth-order valence-electron chi connectivity index (χ4n) is 2.05. The van der Waals surface area contributed by atoms with Gasteiger partial charge in [-0.3, -0.25) is 9.59 Å². The van der Waals surface area contributed by atoms with Crippen LogP contribution in [0.1, 0.15) is 36.0 Å². The molecule has 0 unspecified atom stereocenters. The van der Waals surface area contributed by atoms with Gasteiger partial charge in [0.2, 0.25) is 0 Å². The quantitative estimate of drug-likeness (QED) is 0.779. The van der Waals surface area contributed by atoms with Crippen LogP contribution in [0, 0.1) is 5.92 Å². The van der Waals surface area contributed by atoms with Crippen LogP contribution in [0.15, 0.2) is 28.7 Å². The van der Waals surface area contributed by atoms with Crippen LogP contribution < -0.4 is 0 Å². The Hall–Kier alpha value is -0.960. The Bertz CT molecular complexity index is 398. The average Bonchev–Trinajstić information content (AvgIpc) is 2.30. The topological polar surface area (TPSA) is 34.1 Å². The molecular formula is C13H13BrO2. The van der Waals surface area contributed by atoms with Gasteiger partial charge in [-0.2, -0.15) is 0 Å². The maximum absolute atomic E-state index is 12.1. The van der Waals surface area contributed by atoms with E-state index in [0.29, 0.717) is 31.5 Å². The van der Waals surface area contributed by atoms with Crippen LogP contribution in [0.5, 0.6) is 0 Å². The lowest BCUT2D eigenvalue weighted by Crippen LogP contribution is -2.21. The molecule has 0 spiro atoms. The third-order valence-electron chi connectivity index (χ3n) is 3.04. The van der Waals surface area contributed by atoms with Crippen LogP contribution in [-0.2, 0) is 4.79 Å². The maximum atomic E-state index is 12.1. The van der Waals surface area contributed by atoms with Gasteiger partial charge in [0.15, 0.2) is 5.78 Å². The normalized spacial score (nSPS) is 17.4. The van der Waals surface area contributed by atoms with Crippen molar-refractivity contribution in [2.24, 2.45) is 5.92 Å². The van der Waals surface area contributed by atoms with E-state index in [2.05, 4.69) is 15.9 Å². The SMILES string of the molecule is O=C1CCC(C(=O)c2ccc(Br)cc2)CC1. The molecule has 1 fully saturated rings. The van der Waals surface area contributed by atoms with Crippen molar-refractivity contribution in [1.82, 2.24) is 0 Å². The highest BCUT2D eigenvalue weighted by Gasteiger charge is 2.25. The Morgan fingerprint density at radius 1 is 1.12 bits per heavy atom. The van der Waals surface area contributed by atoms with Gasteiger partial charge in [0, 0.05) is 28.8 Å². The van der Waals surface area contributed by atoms with Crippen LogP contribution in [-0.4, -0.2) is 11.6 Å². The van der Waals surface area contributed by atoms with Crippen molar-refractivity contribution in [2.75, 3.05) is 0 Å². The molecule has 16 heavy (non-hydrogen) atoms. The number of ketones is 2. The fraction of sp³-hybridized carbons (Fsp3) is 0.385. The molecule has 0 saturated heterocycles. The van der Waals surface area contributed by atoms with Gasteiger partial charge in [-0.05, 0) is 25.0 Å². The summed E-state index contributed by atoms with van der Waals surface area (Å²) >= 11 is 3.34. The second-order valence-corrected chi connectivity index (χ2v) is 5.10. The molecule has 1 aliphatic rings. The summed E-state index contributed by atoms with van der Waals surface area (Å²) < 4.78 is 0.975. The van der Waals surface area contributed by atoms with E-state index in [4.69, 9.17) is 0 Å². The number of benzene rings is 1. The molecule has 2 nitrogen and oxygen atoms in total. The second-order valence-electron chi connectivity index (χ2n) is 4.18. The third-order valence-corrected chi connectivity index (χ3v) is 3.57. The van der Waals surface area contributed by atoms with Crippen molar-refractivity contribution in [3.05, 3.63) is 34.3 Å². The summed E-state index contributed by atoms with van der Waals surface area (Å²) in [6.45, 7) is 0. The minimum absolute atomic E-state index is 0.0406. The highest BCUT2D eigenvalue weighted by atomic mass is 79.9. The fourth-order valence-corrected chi connectivity index (χ4v) is 2.32. The third kappa shape index (κ3) is 2.59. The molecule has 0 aromatic heterocycles. The van der Waals surface area contributed by atoms with Gasteiger partial charge >= 0.3 is 0 Å². The first-order valence-electron chi connectivity index (χ1n) is 5.48. The molecule has 0 radical (unpaired) electrons. The van der Waals surface area contributed by atoms with Crippen LogP contribution in [0.25, 0.3) is 0 Å². The number of rotatable bonds is 2. The van der Waals surface area contributed by atoms with E-state index in [1.54, 1.807) is 0 Å². The lowest BCUT2D eigenvalue weighted by atomic mass is 9.83. The van der Waals surface area contributed by atoms with E-state index in [1.165, 1.54) is 0 Å². The molecule has 0 aliphatic heterocycles. The van der Waals surface area contributed by atoms with Crippen LogP contribution >= 0.6 is 15.9 Å². The Labute approximate surface area is 103 Å². The van der Waals surface area contributed by atoms with Gasteiger partial charge in [0.1, 0.15) is 5.78 Å². The molecule has 1 aromatic carbocycles. The summed E-state index contributed by atoms with van der Waals surface area (Å²) in [5, 5.41) is 0. The number of carbonyl (C=O) groups excluding carboxylic acids is 2. The Morgan fingerprint density at radius 3 is 2.25 bits per heavy atom. The van der Waals surface area contributed by atoms with Gasteiger partial charge in [0.25, 0.3) is 0 Å². The zero-order valence-corrected chi connectivity index (χ0v) is 10.5. The van der Waals surface area contributed by atoms with Crippen molar-refractivity contribution < 1.29 is 9.59 Å². The highest BCUT2D eigenvalue weighted by molar-refractivity contribution is 9.10. The van der Waals surface area contributed by atoms with E-state index >= 15 is 0 Å². The second kappa shape index (κ2) is 4.91. The van der Waals surface area contributed by atoms with E-state index in [1.807, 2.05) is 24.3 Å². The average molecular weight is 281 g/mol. The largest absolute Gasteiger partial charge is 0.300 e. The number of hydrogen-bond donors (Lipinski definition) is 0. The molecular weight excluding hydrogens is 268 g/mol. The lowest BCUT2D eigenvalue weighted by molar-refractivity contribution is -0.120. The minimum Gasteiger partial charge on any atom is -0.300 e. The summed E-state index contributed by atoms with van der Waals surface area (Å²) in [5.41, 5.74) is 0.752. The Balaban J connectivity index is 2.07. The molecule has 0 atom stereocenters. The van der Waals surface area contributed by atoms with Crippen molar-refractivity contribution in [2.45, 2.75) is 25.7 Å². The van der Waals surface area contributed by atoms with Gasteiger partial charge < -0.3 is 0 Å². The molecule has 84 valence electrons. The van der Waals surface area contributed by atoms with Crippen molar-refractivity contribution in [1.29, 1.82) is 0 Å². The predicted octanol–water partition coefficient (Wildman–Crippen LogP) is 3.39. The molecule has 0 bridgehead atoms. The molecule has 1 aromatic rings. The van der Waals surface area contributed by atoms with E-state index in [0.717, 1.165) is 10.0 Å². The molecule has 1 saturated carbocycles. The molecule has 0 heterocycles. The zero-order chi connectivity index (χ0) is 11.5. The summed E-state index contributed by atoms with van der Waals surface area (Å²) in [6, 6.07) is 7.42. The number of hydrogen-bond acceptors (Lipinski definition) is 2. The standard InChI is InChI=1S/C13H13BrO2/c14-11-5-1-9(2-6-11)13(16)10-3-7-12(15)8-4-10/h1-2,5-6,10H,3-4,7-8H2. The number of carbonyl (C=O) groups is 2. The van der Waals surface area contributed by atoms with Crippen LogP contribution in [0.4, 0.5) is 0 Å². The molecule has 0 N–H and O–H groups in total. The summed E-state index contributed by atoms with van der Waals surface area (Å²) in [5.74, 6) is 0.513. The summed E-state index contributed by atoms with van der Waals surface area (Å²) in [6.07, 6.45) is 2.56. The molecule has 1 aliphatic carbocycles. The molecule has 0 amide bonds. The zero-order valence-electron chi connectivity index (χ0n) is 8.91. The smallest absolute Gasteiger partial charge is 0.165 e. The van der Waals surface area contributed by atoms with Crippen LogP contribution in [0.2, 0.25) is 0 Å². The Kier molecular flexibility index (Phi) is 3.54. The van der Waals surface area contributed by atoms with E-state index in [9.17, 15) is 9.59 Å². The maximum Gasteiger partial charge on any atom is 0.165 e. The van der Waals surface area contributed by atoms with Gasteiger partial charge in [-0.1, -0.05) is 28.1 Å². The van der Waals surface area contributed by atoms with E-state index in [-0.39, 0.29) is 11.7 Å². The monoisotopic (exact) mass is 280 g/mol. The molecule has 2 rings (SSSR count). The van der Waals surface area contributed by atoms with Gasteiger partial charge in [-0.25, -0.2) is 0 Å². The highest BCUT2D eigenvalue weighted by Crippen LogP contribution is 2.25. The predicted molar refractivity (Wildman–Crippen MR) is 65.4 cm³/mol. The lowest BCUT2D eigenvalue weighted by Gasteiger charge is -2.19. The Morgan fingerprint density at radius 2 is 1.69 bits per heavy atom. The number of Topliss-reactive ketones (excluding diaryl/α,β-unsaturated/α-hetero) is 2. The summed E-state index contributed by atoms with van der Waals surface area (Å²) in [4.78, 5) is 23.2. The van der Waals surface area contributed by atoms with Gasteiger partial charge in [-0.15, -0.1) is 0 Å². The molecule has 3 heteroatoms. The first kappa shape index (κ1) is 11.5. The summed E-state index contributed by atoms with van der Waals surface area (Å²) in [7, 11) is 0. The van der Waals surface area contributed by atoms with Crippen molar-refractivity contribution in [3.8, 4) is 0 Å². The minimum atomic E-state index is 0.0406. The first-order chi connectivity index (χ1) is 7.66. The van der Waals surface area contributed by atoms with Crippen molar-refractivity contribution in [3.63, 3.8) is 0 Å². The van der Waals surface area contributed by atoms with Gasteiger partial charge in [0.05, 0.1) is 0 Å². The first-order valence-corrected chi connectivity index (χ1v) is 6.27. The van der Waals surface area contributed by atoms with E-state index < -0.39 is 0 Å². The van der Waals surface area contributed by atoms with Crippen molar-refractivity contribution >= 4 is 27.5 Å².